The van der Waals surface area contributed by atoms with Crippen LogP contribution in [0.5, 0.6) is 0 Å². The van der Waals surface area contributed by atoms with E-state index in [0.717, 1.165) is 38.3 Å². The van der Waals surface area contributed by atoms with Gasteiger partial charge in [-0.1, -0.05) is 33.1 Å². The number of aromatic nitrogens is 1. The molecule has 0 aliphatic carbocycles. The Morgan fingerprint density at radius 3 is 2.72 bits per heavy atom. The number of nitrogens with zero attached hydrogens (tertiary/aromatic N) is 1. The fourth-order valence-electron chi connectivity index (χ4n) is 2.17. The van der Waals surface area contributed by atoms with Crippen LogP contribution in [0.25, 0.3) is 0 Å². The fraction of sp³-hybridized carbons (Fsp3) is 0.571. The SMILES string of the molecule is CCCCCC(CC)c1cc(F)cnc1C(=O)O. The van der Waals surface area contributed by atoms with Gasteiger partial charge in [-0.05, 0) is 30.4 Å². The van der Waals surface area contributed by atoms with Crippen molar-refractivity contribution in [3.63, 3.8) is 0 Å². The van der Waals surface area contributed by atoms with Crippen molar-refractivity contribution in [1.29, 1.82) is 0 Å². The van der Waals surface area contributed by atoms with E-state index < -0.39 is 11.8 Å². The van der Waals surface area contributed by atoms with E-state index in [4.69, 9.17) is 5.11 Å². The van der Waals surface area contributed by atoms with Crippen molar-refractivity contribution < 1.29 is 14.3 Å². The maximum Gasteiger partial charge on any atom is 0.354 e. The molecule has 1 unspecified atom stereocenters. The summed E-state index contributed by atoms with van der Waals surface area (Å²) in [5.41, 5.74) is 0.515. The maximum atomic E-state index is 13.2. The van der Waals surface area contributed by atoms with Crippen LogP contribution in [0.3, 0.4) is 0 Å². The summed E-state index contributed by atoms with van der Waals surface area (Å²) in [4.78, 5) is 14.8. The molecule has 18 heavy (non-hydrogen) atoms. The number of carboxylic acid groups (broad SMARTS) is 1. The van der Waals surface area contributed by atoms with Gasteiger partial charge in [0, 0.05) is 0 Å². The van der Waals surface area contributed by atoms with Crippen LogP contribution in [0, 0.1) is 5.82 Å². The largest absolute Gasteiger partial charge is 0.477 e. The van der Waals surface area contributed by atoms with Crippen molar-refractivity contribution in [1.82, 2.24) is 4.98 Å². The number of pyridine rings is 1. The number of hydrogen-bond donors (Lipinski definition) is 1. The number of unbranched alkanes of at least 4 members (excludes halogenated alkanes) is 2. The zero-order chi connectivity index (χ0) is 13.5. The van der Waals surface area contributed by atoms with E-state index in [2.05, 4.69) is 11.9 Å². The second-order valence-corrected chi connectivity index (χ2v) is 4.50. The first-order chi connectivity index (χ1) is 8.60. The molecule has 100 valence electrons. The van der Waals surface area contributed by atoms with Crippen LogP contribution in [0.1, 0.15) is 67.9 Å². The Balaban J connectivity index is 2.95. The molecule has 0 spiro atoms. The highest BCUT2D eigenvalue weighted by Gasteiger charge is 2.19. The number of carbonyl (C=O) groups is 1. The summed E-state index contributed by atoms with van der Waals surface area (Å²) in [5, 5.41) is 9.09. The molecule has 0 saturated heterocycles. The van der Waals surface area contributed by atoms with Crippen molar-refractivity contribution in [3.8, 4) is 0 Å². The molecule has 1 aromatic rings. The first-order valence-corrected chi connectivity index (χ1v) is 6.48. The summed E-state index contributed by atoms with van der Waals surface area (Å²) in [6.07, 6.45) is 5.91. The van der Waals surface area contributed by atoms with Gasteiger partial charge in [-0.25, -0.2) is 14.2 Å². The molecule has 0 amide bonds. The Morgan fingerprint density at radius 1 is 1.44 bits per heavy atom. The van der Waals surface area contributed by atoms with Crippen LogP contribution in [0.15, 0.2) is 12.3 Å². The Labute approximate surface area is 107 Å². The molecule has 0 saturated carbocycles. The number of hydrogen-bond acceptors (Lipinski definition) is 2. The Hall–Kier alpha value is -1.45. The number of rotatable bonds is 7. The fourth-order valence-corrected chi connectivity index (χ4v) is 2.17. The van der Waals surface area contributed by atoms with Crippen LogP contribution >= 0.6 is 0 Å². The van der Waals surface area contributed by atoms with Gasteiger partial charge in [-0.2, -0.15) is 0 Å². The molecule has 0 bridgehead atoms. The molecule has 1 atom stereocenters. The number of halogens is 1. The summed E-state index contributed by atoms with van der Waals surface area (Å²) in [6, 6.07) is 1.32. The molecule has 3 nitrogen and oxygen atoms in total. The number of carboxylic acids is 1. The van der Waals surface area contributed by atoms with Gasteiger partial charge in [0.15, 0.2) is 5.69 Å². The minimum atomic E-state index is -1.08. The van der Waals surface area contributed by atoms with E-state index in [9.17, 15) is 9.18 Å². The van der Waals surface area contributed by atoms with E-state index in [-0.39, 0.29) is 11.6 Å². The monoisotopic (exact) mass is 253 g/mol. The van der Waals surface area contributed by atoms with Gasteiger partial charge in [-0.3, -0.25) is 0 Å². The minimum absolute atomic E-state index is 0.0141. The van der Waals surface area contributed by atoms with Crippen molar-refractivity contribution in [3.05, 3.63) is 29.3 Å². The van der Waals surface area contributed by atoms with Crippen LogP contribution in [0.2, 0.25) is 0 Å². The van der Waals surface area contributed by atoms with E-state index in [1.165, 1.54) is 6.07 Å². The first-order valence-electron chi connectivity index (χ1n) is 6.48. The second kappa shape index (κ2) is 7.09. The molecule has 0 radical (unpaired) electrons. The molecule has 0 aliphatic heterocycles. The van der Waals surface area contributed by atoms with Gasteiger partial charge >= 0.3 is 5.97 Å². The van der Waals surface area contributed by atoms with Crippen LogP contribution in [0.4, 0.5) is 4.39 Å². The van der Waals surface area contributed by atoms with E-state index in [0.29, 0.717) is 5.56 Å². The molecular weight excluding hydrogens is 233 g/mol. The normalized spacial score (nSPS) is 12.4. The van der Waals surface area contributed by atoms with Crippen molar-refractivity contribution in [2.75, 3.05) is 0 Å². The predicted molar refractivity (Wildman–Crippen MR) is 68.3 cm³/mol. The lowest BCUT2D eigenvalue weighted by Crippen LogP contribution is -2.10. The van der Waals surface area contributed by atoms with Gasteiger partial charge in [-0.15, -0.1) is 0 Å². The summed E-state index contributed by atoms with van der Waals surface area (Å²) in [5.74, 6) is -1.48. The van der Waals surface area contributed by atoms with Gasteiger partial charge in [0.25, 0.3) is 0 Å². The second-order valence-electron chi connectivity index (χ2n) is 4.50. The van der Waals surface area contributed by atoms with Gasteiger partial charge < -0.3 is 5.11 Å². The molecule has 4 heteroatoms. The summed E-state index contributed by atoms with van der Waals surface area (Å²) in [6.45, 7) is 4.11. The first kappa shape index (κ1) is 14.6. The summed E-state index contributed by atoms with van der Waals surface area (Å²) in [7, 11) is 0. The van der Waals surface area contributed by atoms with Gasteiger partial charge in [0.05, 0.1) is 6.20 Å². The highest BCUT2D eigenvalue weighted by Crippen LogP contribution is 2.28. The summed E-state index contributed by atoms with van der Waals surface area (Å²) >= 11 is 0. The van der Waals surface area contributed by atoms with Crippen LogP contribution in [-0.2, 0) is 0 Å². The molecule has 1 rings (SSSR count). The smallest absolute Gasteiger partial charge is 0.354 e. The Kier molecular flexibility index (Phi) is 5.75. The van der Waals surface area contributed by atoms with E-state index in [1.807, 2.05) is 6.92 Å². The van der Waals surface area contributed by atoms with Gasteiger partial charge in [0.1, 0.15) is 5.82 Å². The standard InChI is InChI=1S/C14H20FNO2/c1-3-5-6-7-10(4-2)12-8-11(15)9-16-13(12)14(17)18/h8-10H,3-7H2,1-2H3,(H,17,18). The minimum Gasteiger partial charge on any atom is -0.477 e. The van der Waals surface area contributed by atoms with Crippen LogP contribution in [-0.4, -0.2) is 16.1 Å². The highest BCUT2D eigenvalue weighted by atomic mass is 19.1. The zero-order valence-corrected chi connectivity index (χ0v) is 10.9. The quantitative estimate of drug-likeness (QED) is 0.747. The highest BCUT2D eigenvalue weighted by molar-refractivity contribution is 5.87. The van der Waals surface area contributed by atoms with Crippen molar-refractivity contribution >= 4 is 5.97 Å². The Bertz CT molecular complexity index is 407. The molecule has 0 fully saturated rings. The van der Waals surface area contributed by atoms with Crippen molar-refractivity contribution in [2.24, 2.45) is 0 Å². The molecule has 1 heterocycles. The number of aromatic carboxylic acids is 1. The summed E-state index contributed by atoms with van der Waals surface area (Å²) < 4.78 is 13.2. The average molecular weight is 253 g/mol. The third-order valence-electron chi connectivity index (χ3n) is 3.18. The lowest BCUT2D eigenvalue weighted by molar-refractivity contribution is 0.0688. The van der Waals surface area contributed by atoms with Gasteiger partial charge in [0.2, 0.25) is 0 Å². The third-order valence-corrected chi connectivity index (χ3v) is 3.18. The average Bonchev–Trinajstić information content (AvgIpc) is 2.34. The van der Waals surface area contributed by atoms with E-state index in [1.54, 1.807) is 0 Å². The molecular formula is C14H20FNO2. The lowest BCUT2D eigenvalue weighted by atomic mass is 9.90. The zero-order valence-electron chi connectivity index (χ0n) is 10.9. The predicted octanol–water partition coefficient (Wildman–Crippen LogP) is 3.99. The molecule has 1 N–H and O–H groups in total. The molecule has 0 aromatic carbocycles. The van der Waals surface area contributed by atoms with E-state index >= 15 is 0 Å². The molecule has 0 aliphatic rings. The maximum absolute atomic E-state index is 13.2. The van der Waals surface area contributed by atoms with Crippen LogP contribution < -0.4 is 0 Å². The molecule has 1 aromatic heterocycles. The Morgan fingerprint density at radius 2 is 2.17 bits per heavy atom. The topological polar surface area (TPSA) is 50.2 Å². The lowest BCUT2D eigenvalue weighted by Gasteiger charge is -2.16. The third kappa shape index (κ3) is 3.79. The van der Waals surface area contributed by atoms with Crippen molar-refractivity contribution in [2.45, 2.75) is 51.9 Å².